The Bertz CT molecular complexity index is 1550. The van der Waals surface area contributed by atoms with E-state index >= 15 is 0 Å². The molecule has 0 saturated heterocycles. The zero-order valence-electron chi connectivity index (χ0n) is 27.4. The molecule has 5 aromatic rings. The number of hydrogen-bond donors (Lipinski definition) is 1. The van der Waals surface area contributed by atoms with Crippen molar-refractivity contribution in [3.05, 3.63) is 95.1 Å². The molecule has 41 heavy (non-hydrogen) atoms. The molecule has 0 aliphatic rings. The summed E-state index contributed by atoms with van der Waals surface area (Å²) in [5.41, 5.74) is 13.0. The molecule has 0 spiro atoms. The lowest BCUT2D eigenvalue weighted by Crippen LogP contribution is -2.16. The zero-order chi connectivity index (χ0) is 30.1. The summed E-state index contributed by atoms with van der Waals surface area (Å²) in [6, 6.07) is 29.2. The fraction of sp³-hybridized carbons (Fsp3) is 0.400. The highest BCUT2D eigenvalue weighted by Gasteiger charge is 2.23. The Hall–Kier alpha value is -3.32. The summed E-state index contributed by atoms with van der Waals surface area (Å²) in [4.78, 5) is 3.62. The molecule has 1 nitrogen and oxygen atoms in total. The van der Waals surface area contributed by atoms with Gasteiger partial charge in [0.1, 0.15) is 0 Å². The molecular weight excluding hydrogens is 494 g/mol. The van der Waals surface area contributed by atoms with Crippen LogP contribution < -0.4 is 0 Å². The van der Waals surface area contributed by atoms with Gasteiger partial charge in [0.25, 0.3) is 0 Å². The number of hydrogen-bond acceptors (Lipinski definition) is 0. The van der Waals surface area contributed by atoms with Crippen LogP contribution >= 0.6 is 0 Å². The van der Waals surface area contributed by atoms with Crippen LogP contribution in [0.1, 0.15) is 105 Å². The Morgan fingerprint density at radius 3 is 1.29 bits per heavy atom. The van der Waals surface area contributed by atoms with Crippen LogP contribution in [0.5, 0.6) is 0 Å². The molecule has 0 aliphatic heterocycles. The molecule has 0 unspecified atom stereocenters. The lowest BCUT2D eigenvalue weighted by molar-refractivity contribution is 0.568. The molecule has 0 fully saturated rings. The van der Waals surface area contributed by atoms with Crippen molar-refractivity contribution < 1.29 is 0 Å². The van der Waals surface area contributed by atoms with Crippen LogP contribution in [-0.2, 0) is 21.7 Å². The van der Waals surface area contributed by atoms with Gasteiger partial charge in [-0.15, -0.1) is 0 Å². The van der Waals surface area contributed by atoms with Crippen molar-refractivity contribution in [3.63, 3.8) is 0 Å². The van der Waals surface area contributed by atoms with Crippen LogP contribution in [0.15, 0.2) is 66.7 Å². The Balaban J connectivity index is 1.70. The lowest BCUT2D eigenvalue weighted by atomic mass is 9.78. The quantitative estimate of drug-likeness (QED) is 0.228. The first-order valence-electron chi connectivity index (χ1n) is 15.1. The van der Waals surface area contributed by atoms with Crippen LogP contribution in [0.2, 0.25) is 0 Å². The van der Waals surface area contributed by atoms with Crippen molar-refractivity contribution >= 4 is 21.8 Å². The van der Waals surface area contributed by atoms with Crippen LogP contribution in [-0.4, -0.2) is 4.98 Å². The monoisotopic (exact) mass is 542 g/mol. The smallest absolute Gasteiger partial charge is 0.0545 e. The highest BCUT2D eigenvalue weighted by Crippen LogP contribution is 2.38. The fourth-order valence-electron chi connectivity index (χ4n) is 5.49. The molecular formula is C40H48N. The van der Waals surface area contributed by atoms with E-state index < -0.39 is 0 Å². The van der Waals surface area contributed by atoms with Crippen molar-refractivity contribution in [2.75, 3.05) is 0 Å². The minimum Gasteiger partial charge on any atom is -0.354 e. The Labute approximate surface area is 248 Å². The Morgan fingerprint density at radius 1 is 0.439 bits per heavy atom. The third kappa shape index (κ3) is 5.87. The van der Waals surface area contributed by atoms with E-state index in [4.69, 9.17) is 0 Å². The number of fused-ring (bicyclic) bond motifs is 3. The van der Waals surface area contributed by atoms with E-state index in [0.29, 0.717) is 0 Å². The fourth-order valence-corrected chi connectivity index (χ4v) is 5.49. The maximum atomic E-state index is 3.62. The number of benzene rings is 4. The highest BCUT2D eigenvalue weighted by atomic mass is 14.7. The maximum absolute atomic E-state index is 3.62. The van der Waals surface area contributed by atoms with Crippen molar-refractivity contribution in [1.82, 2.24) is 4.98 Å². The Kier molecular flexibility index (Phi) is 6.85. The zero-order valence-corrected chi connectivity index (χ0v) is 27.4. The molecule has 4 aromatic carbocycles. The molecule has 0 aliphatic carbocycles. The van der Waals surface area contributed by atoms with Gasteiger partial charge in [0, 0.05) is 22.4 Å². The molecule has 0 saturated carbocycles. The third-order valence-electron chi connectivity index (χ3n) is 8.51. The molecule has 0 amide bonds. The van der Waals surface area contributed by atoms with Gasteiger partial charge in [-0.1, -0.05) is 126 Å². The second kappa shape index (κ2) is 9.62. The van der Waals surface area contributed by atoms with E-state index in [9.17, 15) is 0 Å². The number of rotatable bonds is 2. The van der Waals surface area contributed by atoms with Crippen LogP contribution in [0.3, 0.4) is 0 Å². The van der Waals surface area contributed by atoms with E-state index in [-0.39, 0.29) is 21.7 Å². The van der Waals surface area contributed by atoms with Crippen LogP contribution in [0, 0.1) is 6.07 Å². The lowest BCUT2D eigenvalue weighted by Gasteiger charge is -2.26. The van der Waals surface area contributed by atoms with E-state index in [1.54, 1.807) is 0 Å². The van der Waals surface area contributed by atoms with Gasteiger partial charge in [-0.3, -0.25) is 0 Å². The number of H-pyrrole nitrogens is 1. The SMILES string of the molecule is CC(C)(C)c1cc(-c2c[c]c3[nH]c4ccc(-c5cc(C(C)(C)C)cc(C(C)(C)C)c5)cc4c3c2)cc(C(C)(C)C)c1. The summed E-state index contributed by atoms with van der Waals surface area (Å²) in [6.45, 7) is 27.6. The van der Waals surface area contributed by atoms with Crippen molar-refractivity contribution in [1.29, 1.82) is 0 Å². The largest absolute Gasteiger partial charge is 0.354 e. The van der Waals surface area contributed by atoms with Gasteiger partial charge in [-0.2, -0.15) is 0 Å². The van der Waals surface area contributed by atoms with Gasteiger partial charge in [0.2, 0.25) is 0 Å². The maximum Gasteiger partial charge on any atom is 0.0545 e. The van der Waals surface area contributed by atoms with Gasteiger partial charge >= 0.3 is 0 Å². The minimum atomic E-state index is 0.0764. The van der Waals surface area contributed by atoms with Crippen LogP contribution in [0.4, 0.5) is 0 Å². The number of aromatic nitrogens is 1. The van der Waals surface area contributed by atoms with Gasteiger partial charge in [0.05, 0.1) is 5.52 Å². The predicted molar refractivity (Wildman–Crippen MR) is 180 cm³/mol. The molecule has 1 heterocycles. The first kappa shape index (κ1) is 29.2. The minimum absolute atomic E-state index is 0.0764. The molecule has 1 heteroatoms. The standard InChI is InChI=1S/C40H48N/c1-37(2,3)29-17-27(18-30(23-29)38(4,5)6)25-13-15-35-33(21-25)34-22-26(14-16-36(34)41-35)28-19-31(39(7,8)9)24-32(20-28)40(10,11)12/h13-15,17-24,41H,1-12H3. The molecule has 213 valence electrons. The second-order valence-electron chi connectivity index (χ2n) is 16.2. The molecule has 0 atom stereocenters. The third-order valence-corrected chi connectivity index (χ3v) is 8.51. The first-order valence-corrected chi connectivity index (χ1v) is 15.1. The predicted octanol–water partition coefficient (Wildman–Crippen LogP) is 11.6. The van der Waals surface area contributed by atoms with E-state index in [2.05, 4.69) is 161 Å². The van der Waals surface area contributed by atoms with Crippen LogP contribution in [0.25, 0.3) is 44.1 Å². The molecule has 1 aromatic heterocycles. The van der Waals surface area contributed by atoms with Gasteiger partial charge in [-0.05, 0) is 90.4 Å². The summed E-state index contributed by atoms with van der Waals surface area (Å²) < 4.78 is 0. The molecule has 1 radical (unpaired) electrons. The molecule has 5 rings (SSSR count). The first-order chi connectivity index (χ1) is 18.8. The van der Waals surface area contributed by atoms with Crippen molar-refractivity contribution in [2.24, 2.45) is 0 Å². The summed E-state index contributed by atoms with van der Waals surface area (Å²) in [5, 5.41) is 2.47. The molecule has 0 bridgehead atoms. The van der Waals surface area contributed by atoms with Crippen molar-refractivity contribution in [3.8, 4) is 22.3 Å². The second-order valence-corrected chi connectivity index (χ2v) is 16.2. The topological polar surface area (TPSA) is 15.8 Å². The Morgan fingerprint density at radius 2 is 0.854 bits per heavy atom. The highest BCUT2D eigenvalue weighted by molar-refractivity contribution is 6.09. The number of nitrogens with one attached hydrogen (secondary N) is 1. The van der Waals surface area contributed by atoms with Crippen molar-refractivity contribution in [2.45, 2.75) is 105 Å². The molecule has 1 N–H and O–H groups in total. The average molecular weight is 543 g/mol. The summed E-state index contributed by atoms with van der Waals surface area (Å²) in [6.07, 6.45) is 0. The average Bonchev–Trinajstić information content (AvgIpc) is 3.23. The normalized spacial score (nSPS) is 13.4. The number of aromatic amines is 1. The van der Waals surface area contributed by atoms with E-state index in [1.165, 1.54) is 55.3 Å². The van der Waals surface area contributed by atoms with Gasteiger partial charge in [-0.25, -0.2) is 0 Å². The summed E-state index contributed by atoms with van der Waals surface area (Å²) >= 11 is 0. The summed E-state index contributed by atoms with van der Waals surface area (Å²) in [5.74, 6) is 0. The van der Waals surface area contributed by atoms with E-state index in [0.717, 1.165) is 11.0 Å². The van der Waals surface area contributed by atoms with E-state index in [1.807, 2.05) is 0 Å². The van der Waals surface area contributed by atoms with Gasteiger partial charge < -0.3 is 4.98 Å². The van der Waals surface area contributed by atoms with Gasteiger partial charge in [0.15, 0.2) is 0 Å². The summed E-state index contributed by atoms with van der Waals surface area (Å²) in [7, 11) is 0.